The highest BCUT2D eigenvalue weighted by molar-refractivity contribution is 5.68. The molecule has 130 valence electrons. The molecular weight excluding hydrogens is 278 g/mol. The van der Waals surface area contributed by atoms with Gasteiger partial charge in [-0.25, -0.2) is 4.79 Å². The van der Waals surface area contributed by atoms with E-state index in [1.165, 1.54) is 38.5 Å². The highest BCUT2D eigenvalue weighted by Gasteiger charge is 2.26. The molecule has 4 nitrogen and oxygen atoms in total. The molecule has 0 aromatic heterocycles. The summed E-state index contributed by atoms with van der Waals surface area (Å²) in [6.45, 7) is 12.2. The summed E-state index contributed by atoms with van der Waals surface area (Å²) in [5.74, 6) is 1.37. The van der Waals surface area contributed by atoms with Crippen molar-refractivity contribution in [3.8, 4) is 0 Å². The molecule has 4 heteroatoms. The number of amides is 1. The molecule has 0 spiro atoms. The Morgan fingerprint density at radius 3 is 2.27 bits per heavy atom. The zero-order valence-corrected chi connectivity index (χ0v) is 15.3. The first-order valence-electron chi connectivity index (χ1n) is 8.72. The first-order valence-corrected chi connectivity index (χ1v) is 8.72. The molecule has 0 aromatic rings. The van der Waals surface area contributed by atoms with Gasteiger partial charge in [-0.3, -0.25) is 5.32 Å². The van der Waals surface area contributed by atoms with Crippen molar-refractivity contribution < 1.29 is 14.3 Å². The van der Waals surface area contributed by atoms with Crippen molar-refractivity contribution in [2.75, 3.05) is 6.61 Å². The van der Waals surface area contributed by atoms with Crippen LogP contribution in [-0.4, -0.2) is 24.0 Å². The van der Waals surface area contributed by atoms with Gasteiger partial charge >= 0.3 is 6.09 Å². The standard InChI is InChI=1S/C18H35NO3/c1-14(12-15-10-8-7-9-11-15)13-21-18(5,6)19-16(20)22-17(2,3)4/h14-15H,7-13H2,1-6H3,(H,19,20). The molecule has 0 aliphatic heterocycles. The van der Waals surface area contributed by atoms with Crippen LogP contribution in [0.25, 0.3) is 0 Å². The largest absolute Gasteiger partial charge is 0.444 e. The molecule has 0 heterocycles. The van der Waals surface area contributed by atoms with Gasteiger partial charge in [0.2, 0.25) is 0 Å². The van der Waals surface area contributed by atoms with E-state index in [0.717, 1.165) is 5.92 Å². The van der Waals surface area contributed by atoms with Crippen LogP contribution in [0.4, 0.5) is 4.79 Å². The maximum atomic E-state index is 11.8. The molecule has 0 bridgehead atoms. The van der Waals surface area contributed by atoms with Crippen molar-refractivity contribution >= 4 is 6.09 Å². The molecule has 1 atom stereocenters. The lowest BCUT2D eigenvalue weighted by atomic mass is 9.83. The van der Waals surface area contributed by atoms with Gasteiger partial charge in [0.1, 0.15) is 11.3 Å². The molecular formula is C18H35NO3. The molecule has 1 saturated carbocycles. The number of hydrogen-bond acceptors (Lipinski definition) is 3. The zero-order chi connectivity index (χ0) is 16.8. The Hall–Kier alpha value is -0.770. The van der Waals surface area contributed by atoms with Crippen LogP contribution in [0.5, 0.6) is 0 Å². The summed E-state index contributed by atoms with van der Waals surface area (Å²) in [4.78, 5) is 11.8. The normalized spacial score (nSPS) is 18.8. The summed E-state index contributed by atoms with van der Waals surface area (Å²) in [5.41, 5.74) is -1.20. The van der Waals surface area contributed by atoms with E-state index in [1.807, 2.05) is 34.6 Å². The zero-order valence-electron chi connectivity index (χ0n) is 15.3. The van der Waals surface area contributed by atoms with E-state index >= 15 is 0 Å². The van der Waals surface area contributed by atoms with E-state index in [-0.39, 0.29) is 0 Å². The highest BCUT2D eigenvalue weighted by Crippen LogP contribution is 2.29. The van der Waals surface area contributed by atoms with Crippen molar-refractivity contribution in [1.29, 1.82) is 0 Å². The Balaban J connectivity index is 2.29. The van der Waals surface area contributed by atoms with Crippen LogP contribution < -0.4 is 5.32 Å². The van der Waals surface area contributed by atoms with Gasteiger partial charge in [-0.05, 0) is 52.9 Å². The Bertz CT molecular complexity index is 341. The lowest BCUT2D eigenvalue weighted by molar-refractivity contribution is -0.0622. The van der Waals surface area contributed by atoms with Crippen LogP contribution in [-0.2, 0) is 9.47 Å². The fraction of sp³-hybridized carbons (Fsp3) is 0.944. The highest BCUT2D eigenvalue weighted by atomic mass is 16.6. The molecule has 0 saturated heterocycles. The molecule has 0 radical (unpaired) electrons. The number of carbonyl (C=O) groups is 1. The number of carbonyl (C=O) groups excluding carboxylic acids is 1. The monoisotopic (exact) mass is 313 g/mol. The molecule has 0 aromatic carbocycles. The second-order valence-corrected chi connectivity index (χ2v) is 8.29. The van der Waals surface area contributed by atoms with Gasteiger partial charge in [0.25, 0.3) is 0 Å². The topological polar surface area (TPSA) is 47.6 Å². The van der Waals surface area contributed by atoms with Gasteiger partial charge in [0.15, 0.2) is 0 Å². The molecule has 1 rings (SSSR count). The number of nitrogens with one attached hydrogen (secondary N) is 1. The summed E-state index contributed by atoms with van der Waals surface area (Å²) < 4.78 is 11.2. The molecule has 1 fully saturated rings. The van der Waals surface area contributed by atoms with Crippen LogP contribution >= 0.6 is 0 Å². The second-order valence-electron chi connectivity index (χ2n) is 8.29. The first-order chi connectivity index (χ1) is 10.1. The van der Waals surface area contributed by atoms with Crippen LogP contribution in [0.15, 0.2) is 0 Å². The van der Waals surface area contributed by atoms with E-state index in [0.29, 0.717) is 12.5 Å². The van der Waals surface area contributed by atoms with Crippen LogP contribution in [0, 0.1) is 11.8 Å². The Morgan fingerprint density at radius 1 is 1.14 bits per heavy atom. The quantitative estimate of drug-likeness (QED) is 0.712. The number of hydrogen-bond donors (Lipinski definition) is 1. The Morgan fingerprint density at radius 2 is 1.73 bits per heavy atom. The molecule has 22 heavy (non-hydrogen) atoms. The summed E-state index contributed by atoms with van der Waals surface area (Å²) in [6.07, 6.45) is 7.68. The van der Waals surface area contributed by atoms with Gasteiger partial charge in [-0.2, -0.15) is 0 Å². The van der Waals surface area contributed by atoms with Gasteiger partial charge in [-0.15, -0.1) is 0 Å². The minimum Gasteiger partial charge on any atom is -0.444 e. The van der Waals surface area contributed by atoms with Crippen LogP contribution in [0.2, 0.25) is 0 Å². The third-order valence-electron chi connectivity index (χ3n) is 3.99. The maximum Gasteiger partial charge on any atom is 0.409 e. The van der Waals surface area contributed by atoms with Crippen molar-refractivity contribution in [2.45, 2.75) is 91.4 Å². The van der Waals surface area contributed by atoms with E-state index in [2.05, 4.69) is 12.2 Å². The van der Waals surface area contributed by atoms with E-state index < -0.39 is 17.4 Å². The van der Waals surface area contributed by atoms with Gasteiger partial charge in [-0.1, -0.05) is 39.0 Å². The molecule has 1 unspecified atom stereocenters. The fourth-order valence-electron chi connectivity index (χ4n) is 3.00. The molecule has 1 N–H and O–H groups in total. The van der Waals surface area contributed by atoms with Gasteiger partial charge in [0, 0.05) is 0 Å². The van der Waals surface area contributed by atoms with Crippen LogP contribution in [0.1, 0.15) is 80.1 Å². The average Bonchev–Trinajstić information content (AvgIpc) is 2.34. The number of ether oxygens (including phenoxy) is 2. The van der Waals surface area contributed by atoms with Crippen molar-refractivity contribution in [2.24, 2.45) is 11.8 Å². The average molecular weight is 313 g/mol. The minimum atomic E-state index is -0.705. The maximum absolute atomic E-state index is 11.8. The molecule has 1 aliphatic rings. The smallest absolute Gasteiger partial charge is 0.409 e. The first kappa shape index (κ1) is 19.3. The third-order valence-corrected chi connectivity index (χ3v) is 3.99. The SMILES string of the molecule is CC(COC(C)(C)NC(=O)OC(C)(C)C)CC1CCCCC1. The van der Waals surface area contributed by atoms with E-state index in [9.17, 15) is 4.79 Å². The van der Waals surface area contributed by atoms with E-state index in [1.54, 1.807) is 0 Å². The molecule has 1 aliphatic carbocycles. The summed E-state index contributed by atoms with van der Waals surface area (Å²) in [7, 11) is 0. The van der Waals surface area contributed by atoms with E-state index in [4.69, 9.17) is 9.47 Å². The summed E-state index contributed by atoms with van der Waals surface area (Å²) in [5, 5.41) is 2.79. The summed E-state index contributed by atoms with van der Waals surface area (Å²) in [6, 6.07) is 0. The van der Waals surface area contributed by atoms with Crippen LogP contribution in [0.3, 0.4) is 0 Å². The van der Waals surface area contributed by atoms with Crippen molar-refractivity contribution in [1.82, 2.24) is 5.32 Å². The number of rotatable bonds is 6. The predicted molar refractivity (Wildman–Crippen MR) is 89.8 cm³/mol. The molecule has 1 amide bonds. The third kappa shape index (κ3) is 8.62. The Kier molecular flexibility index (Phi) is 7.17. The minimum absolute atomic E-state index is 0.433. The Labute approximate surface area is 136 Å². The lowest BCUT2D eigenvalue weighted by Crippen LogP contribution is -2.48. The fourth-order valence-corrected chi connectivity index (χ4v) is 3.00. The van der Waals surface area contributed by atoms with Gasteiger partial charge < -0.3 is 9.47 Å². The van der Waals surface area contributed by atoms with Gasteiger partial charge in [0.05, 0.1) is 6.61 Å². The van der Waals surface area contributed by atoms with Crippen molar-refractivity contribution in [3.05, 3.63) is 0 Å². The summed E-state index contributed by atoms with van der Waals surface area (Å²) >= 11 is 0. The predicted octanol–water partition coefficient (Wildman–Crippen LogP) is 4.87. The van der Waals surface area contributed by atoms with Crippen molar-refractivity contribution in [3.63, 3.8) is 0 Å². The number of alkyl carbamates (subject to hydrolysis) is 1. The second kappa shape index (κ2) is 8.19. The lowest BCUT2D eigenvalue weighted by Gasteiger charge is -2.31.